The predicted octanol–water partition coefficient (Wildman–Crippen LogP) is -0.451. The first-order valence-corrected chi connectivity index (χ1v) is 4.29. The van der Waals surface area contributed by atoms with Crippen molar-refractivity contribution < 1.29 is 9.53 Å². The van der Waals surface area contributed by atoms with E-state index in [1.165, 1.54) is 13.4 Å². The van der Waals surface area contributed by atoms with Crippen LogP contribution in [0.2, 0.25) is 0 Å². The standard InChI is InChI=1S/C9H8BN3O2/c1-13-3-5(10)6-7(9(14)15-2)11-4-12-8(6)13/h3-4H,1-2H3. The van der Waals surface area contributed by atoms with Gasteiger partial charge in [0.1, 0.15) is 19.8 Å². The second kappa shape index (κ2) is 3.38. The van der Waals surface area contributed by atoms with Crippen LogP contribution in [0.15, 0.2) is 12.5 Å². The summed E-state index contributed by atoms with van der Waals surface area (Å²) < 4.78 is 6.35. The molecule has 0 saturated carbocycles. The minimum atomic E-state index is -0.514. The van der Waals surface area contributed by atoms with Gasteiger partial charge < -0.3 is 9.30 Å². The molecule has 0 spiro atoms. The van der Waals surface area contributed by atoms with E-state index in [4.69, 9.17) is 7.85 Å². The van der Waals surface area contributed by atoms with Gasteiger partial charge in [0, 0.05) is 12.4 Å². The zero-order valence-corrected chi connectivity index (χ0v) is 8.39. The van der Waals surface area contributed by atoms with Crippen LogP contribution in [0.4, 0.5) is 0 Å². The zero-order chi connectivity index (χ0) is 11.0. The Morgan fingerprint density at radius 2 is 2.27 bits per heavy atom. The van der Waals surface area contributed by atoms with Crippen LogP contribution in [0.25, 0.3) is 11.0 Å². The summed E-state index contributed by atoms with van der Waals surface area (Å²) in [5.41, 5.74) is 1.28. The van der Waals surface area contributed by atoms with Gasteiger partial charge in [0.2, 0.25) is 0 Å². The molecule has 2 radical (unpaired) electrons. The van der Waals surface area contributed by atoms with Crippen LogP contribution >= 0.6 is 0 Å². The van der Waals surface area contributed by atoms with E-state index in [1.54, 1.807) is 17.8 Å². The van der Waals surface area contributed by atoms with Crippen LogP contribution in [-0.2, 0) is 11.8 Å². The maximum Gasteiger partial charge on any atom is 0.357 e. The fourth-order valence-electron chi connectivity index (χ4n) is 1.50. The van der Waals surface area contributed by atoms with E-state index in [2.05, 4.69) is 14.7 Å². The van der Waals surface area contributed by atoms with Crippen LogP contribution in [0.1, 0.15) is 10.5 Å². The molecule has 74 valence electrons. The van der Waals surface area contributed by atoms with Gasteiger partial charge in [-0.1, -0.05) is 5.46 Å². The quantitative estimate of drug-likeness (QED) is 0.463. The number of aryl methyl sites for hydroxylation is 1. The van der Waals surface area contributed by atoms with Gasteiger partial charge in [-0.15, -0.1) is 0 Å². The highest BCUT2D eigenvalue weighted by molar-refractivity contribution is 6.40. The molecule has 5 nitrogen and oxygen atoms in total. The molecule has 15 heavy (non-hydrogen) atoms. The van der Waals surface area contributed by atoms with E-state index in [0.717, 1.165) is 0 Å². The maximum absolute atomic E-state index is 11.4. The number of ether oxygens (including phenoxy) is 1. The number of nitrogens with zero attached hydrogens (tertiary/aromatic N) is 3. The van der Waals surface area contributed by atoms with Crippen molar-refractivity contribution in [2.75, 3.05) is 7.11 Å². The average molecular weight is 201 g/mol. The first kappa shape index (κ1) is 9.70. The van der Waals surface area contributed by atoms with E-state index < -0.39 is 5.97 Å². The molecule has 2 rings (SSSR count). The Hall–Kier alpha value is -1.85. The molecular formula is C9H8BN3O2. The summed E-state index contributed by atoms with van der Waals surface area (Å²) in [5, 5.41) is 0.534. The third kappa shape index (κ3) is 1.38. The number of esters is 1. The number of aromatic nitrogens is 3. The summed E-state index contributed by atoms with van der Waals surface area (Å²) in [6, 6.07) is 0. The summed E-state index contributed by atoms with van der Waals surface area (Å²) in [5.74, 6) is -0.514. The van der Waals surface area contributed by atoms with Crippen molar-refractivity contribution in [1.29, 1.82) is 0 Å². The largest absolute Gasteiger partial charge is 0.464 e. The maximum atomic E-state index is 11.4. The number of hydrogen-bond acceptors (Lipinski definition) is 4. The monoisotopic (exact) mass is 201 g/mol. The lowest BCUT2D eigenvalue weighted by Gasteiger charge is -2.00. The van der Waals surface area contributed by atoms with Gasteiger partial charge in [-0.3, -0.25) is 0 Å². The first-order chi connectivity index (χ1) is 7.15. The first-order valence-electron chi connectivity index (χ1n) is 4.29. The van der Waals surface area contributed by atoms with Crippen molar-refractivity contribution in [2.24, 2.45) is 7.05 Å². The number of carbonyl (C=O) groups excluding carboxylic acids is 1. The topological polar surface area (TPSA) is 57.0 Å². The Bertz CT molecular complexity index is 535. The molecule has 2 aromatic rings. The van der Waals surface area contributed by atoms with Gasteiger partial charge in [-0.25, -0.2) is 14.8 Å². The minimum absolute atomic E-state index is 0.195. The highest BCUT2D eigenvalue weighted by atomic mass is 16.5. The molecule has 0 aliphatic carbocycles. The van der Waals surface area contributed by atoms with Crippen LogP contribution in [0.3, 0.4) is 0 Å². The highest BCUT2D eigenvalue weighted by Gasteiger charge is 2.16. The molecule has 0 aromatic carbocycles. The Balaban J connectivity index is 2.80. The van der Waals surface area contributed by atoms with E-state index in [9.17, 15) is 4.79 Å². The summed E-state index contributed by atoms with van der Waals surface area (Å²) in [6.45, 7) is 0. The SMILES string of the molecule is [B]c1cn(C)c2ncnc(C(=O)OC)c12. The lowest BCUT2D eigenvalue weighted by molar-refractivity contribution is 0.0596. The van der Waals surface area contributed by atoms with Gasteiger partial charge in [0.25, 0.3) is 0 Å². The van der Waals surface area contributed by atoms with Crippen molar-refractivity contribution in [3.63, 3.8) is 0 Å². The molecule has 0 aliphatic heterocycles. The fraction of sp³-hybridized carbons (Fsp3) is 0.222. The van der Waals surface area contributed by atoms with Gasteiger partial charge in [-0.05, 0) is 6.20 Å². The number of hydrogen-bond donors (Lipinski definition) is 0. The molecule has 0 bridgehead atoms. The lowest BCUT2D eigenvalue weighted by Crippen LogP contribution is -2.10. The summed E-state index contributed by atoms with van der Waals surface area (Å²) in [7, 11) is 8.86. The van der Waals surface area contributed by atoms with Gasteiger partial charge in [0.15, 0.2) is 5.69 Å². The van der Waals surface area contributed by atoms with Crippen molar-refractivity contribution in [2.45, 2.75) is 0 Å². The smallest absolute Gasteiger partial charge is 0.357 e. The summed E-state index contributed by atoms with van der Waals surface area (Å²) in [6.07, 6.45) is 3.00. The van der Waals surface area contributed by atoms with Crippen molar-refractivity contribution in [3.8, 4) is 0 Å². The molecular weight excluding hydrogens is 193 g/mol. The summed E-state index contributed by atoms with van der Waals surface area (Å²) >= 11 is 0. The number of fused-ring (bicyclic) bond motifs is 1. The van der Waals surface area contributed by atoms with Crippen LogP contribution in [0.5, 0.6) is 0 Å². The molecule has 2 heterocycles. The van der Waals surface area contributed by atoms with E-state index in [0.29, 0.717) is 16.5 Å². The molecule has 2 aromatic heterocycles. The molecule has 0 unspecified atom stereocenters. The Labute approximate surface area is 87.5 Å². The van der Waals surface area contributed by atoms with Crippen molar-refractivity contribution in [1.82, 2.24) is 14.5 Å². The normalized spacial score (nSPS) is 10.5. The van der Waals surface area contributed by atoms with Gasteiger partial charge in [-0.2, -0.15) is 0 Å². The molecule has 6 heteroatoms. The van der Waals surface area contributed by atoms with Crippen LogP contribution < -0.4 is 5.46 Å². The third-order valence-electron chi connectivity index (χ3n) is 2.16. The number of methoxy groups -OCH3 is 1. The van der Waals surface area contributed by atoms with Crippen molar-refractivity contribution in [3.05, 3.63) is 18.2 Å². The third-order valence-corrected chi connectivity index (χ3v) is 2.16. The van der Waals surface area contributed by atoms with Gasteiger partial charge in [0.05, 0.1) is 7.11 Å². The lowest BCUT2D eigenvalue weighted by atomic mass is 9.96. The highest BCUT2D eigenvalue weighted by Crippen LogP contribution is 2.13. The summed E-state index contributed by atoms with van der Waals surface area (Å²) in [4.78, 5) is 19.3. The molecule has 0 fully saturated rings. The second-order valence-electron chi connectivity index (χ2n) is 3.11. The second-order valence-corrected chi connectivity index (χ2v) is 3.11. The predicted molar refractivity (Wildman–Crippen MR) is 55.2 cm³/mol. The molecule has 0 aliphatic rings. The van der Waals surface area contributed by atoms with E-state index >= 15 is 0 Å². The molecule has 0 saturated heterocycles. The fourth-order valence-corrected chi connectivity index (χ4v) is 1.50. The number of carbonyl (C=O) groups is 1. The molecule has 0 atom stereocenters. The zero-order valence-electron chi connectivity index (χ0n) is 8.39. The average Bonchev–Trinajstić information content (AvgIpc) is 2.54. The Morgan fingerprint density at radius 1 is 1.53 bits per heavy atom. The number of rotatable bonds is 1. The molecule has 0 N–H and O–H groups in total. The Kier molecular flexibility index (Phi) is 2.19. The molecule has 0 amide bonds. The minimum Gasteiger partial charge on any atom is -0.464 e. The van der Waals surface area contributed by atoms with Crippen LogP contribution in [0, 0.1) is 0 Å². The van der Waals surface area contributed by atoms with Crippen LogP contribution in [-0.4, -0.2) is 35.5 Å². The van der Waals surface area contributed by atoms with E-state index in [-0.39, 0.29) is 5.69 Å². The van der Waals surface area contributed by atoms with Gasteiger partial charge >= 0.3 is 5.97 Å². The Morgan fingerprint density at radius 3 is 2.93 bits per heavy atom. The van der Waals surface area contributed by atoms with Crippen molar-refractivity contribution >= 4 is 30.3 Å². The van der Waals surface area contributed by atoms with E-state index in [1.807, 2.05) is 0 Å².